The average Bonchev–Trinajstić information content (AvgIpc) is 2.44. The van der Waals surface area contributed by atoms with E-state index in [1.54, 1.807) is 18.3 Å². The lowest BCUT2D eigenvalue weighted by Crippen LogP contribution is -2.39. The second-order valence-electron chi connectivity index (χ2n) is 4.71. The van der Waals surface area contributed by atoms with Crippen LogP contribution in [0.3, 0.4) is 0 Å². The van der Waals surface area contributed by atoms with Crippen molar-refractivity contribution in [3.05, 3.63) is 36.0 Å². The Kier molecular flexibility index (Phi) is 4.24. The van der Waals surface area contributed by atoms with E-state index in [2.05, 4.69) is 14.4 Å². The SMILES string of the molecule is COC(=O)[C@H](C)NS(=O)(=O)c1cccc2cc(C)cnc12. The maximum absolute atomic E-state index is 12.4. The molecule has 1 aromatic heterocycles. The molecule has 0 radical (unpaired) electrons. The predicted molar refractivity (Wildman–Crippen MR) is 78.3 cm³/mol. The summed E-state index contributed by atoms with van der Waals surface area (Å²) in [4.78, 5) is 15.6. The van der Waals surface area contributed by atoms with Gasteiger partial charge in [0.25, 0.3) is 0 Å². The molecule has 0 unspecified atom stereocenters. The number of methoxy groups -OCH3 is 1. The maximum Gasteiger partial charge on any atom is 0.323 e. The molecule has 0 aliphatic carbocycles. The Bertz CT molecular complexity index is 787. The van der Waals surface area contributed by atoms with Crippen molar-refractivity contribution in [3.63, 3.8) is 0 Å². The van der Waals surface area contributed by atoms with Crippen LogP contribution in [0.15, 0.2) is 35.4 Å². The number of nitrogens with zero attached hydrogens (tertiary/aromatic N) is 1. The highest BCUT2D eigenvalue weighted by molar-refractivity contribution is 7.89. The van der Waals surface area contributed by atoms with Gasteiger partial charge >= 0.3 is 5.97 Å². The van der Waals surface area contributed by atoms with Gasteiger partial charge in [0, 0.05) is 11.6 Å². The third-order valence-electron chi connectivity index (χ3n) is 2.99. The van der Waals surface area contributed by atoms with Gasteiger partial charge in [-0.25, -0.2) is 8.42 Å². The molecule has 1 atom stereocenters. The number of aromatic nitrogens is 1. The maximum atomic E-state index is 12.4. The van der Waals surface area contributed by atoms with Gasteiger partial charge in [-0.1, -0.05) is 12.1 Å². The van der Waals surface area contributed by atoms with Gasteiger partial charge in [0.15, 0.2) is 0 Å². The molecule has 21 heavy (non-hydrogen) atoms. The van der Waals surface area contributed by atoms with Crippen molar-refractivity contribution in [2.75, 3.05) is 7.11 Å². The third kappa shape index (κ3) is 3.20. The molecule has 112 valence electrons. The Labute approximate surface area is 123 Å². The Morgan fingerprint density at radius 1 is 1.38 bits per heavy atom. The van der Waals surface area contributed by atoms with Crippen LogP contribution in [-0.2, 0) is 19.6 Å². The minimum absolute atomic E-state index is 0.0377. The van der Waals surface area contributed by atoms with Gasteiger partial charge in [-0.15, -0.1) is 0 Å². The average molecular weight is 308 g/mol. The van der Waals surface area contributed by atoms with Crippen molar-refractivity contribution in [1.82, 2.24) is 9.71 Å². The summed E-state index contributed by atoms with van der Waals surface area (Å²) >= 11 is 0. The summed E-state index contributed by atoms with van der Waals surface area (Å²) in [5, 5.41) is 0.726. The highest BCUT2D eigenvalue weighted by atomic mass is 32.2. The molecule has 2 aromatic rings. The van der Waals surface area contributed by atoms with Gasteiger partial charge in [-0.3, -0.25) is 9.78 Å². The molecule has 1 aromatic carbocycles. The molecule has 0 aliphatic rings. The summed E-state index contributed by atoms with van der Waals surface area (Å²) in [6.45, 7) is 3.30. The van der Waals surface area contributed by atoms with Crippen molar-refractivity contribution in [2.24, 2.45) is 0 Å². The van der Waals surface area contributed by atoms with Crippen molar-refractivity contribution in [1.29, 1.82) is 0 Å². The molecule has 6 nitrogen and oxygen atoms in total. The van der Waals surface area contributed by atoms with Crippen molar-refractivity contribution >= 4 is 26.9 Å². The lowest BCUT2D eigenvalue weighted by Gasteiger charge is -2.13. The molecule has 2 rings (SSSR count). The van der Waals surface area contributed by atoms with Crippen LogP contribution < -0.4 is 4.72 Å². The smallest absolute Gasteiger partial charge is 0.323 e. The Morgan fingerprint density at radius 2 is 2.10 bits per heavy atom. The quantitative estimate of drug-likeness (QED) is 0.863. The van der Waals surface area contributed by atoms with Gasteiger partial charge in [0.1, 0.15) is 10.9 Å². The van der Waals surface area contributed by atoms with E-state index in [9.17, 15) is 13.2 Å². The molecule has 0 bridgehead atoms. The van der Waals surface area contributed by atoms with Gasteiger partial charge in [-0.2, -0.15) is 4.72 Å². The standard InChI is InChI=1S/C14H16N2O4S/c1-9-7-11-5-4-6-12(13(11)15-8-9)21(18,19)16-10(2)14(17)20-3/h4-8,10,16H,1-3H3/t10-/m0/s1. The van der Waals surface area contributed by atoms with E-state index >= 15 is 0 Å². The molecule has 0 aliphatic heterocycles. The fourth-order valence-electron chi connectivity index (χ4n) is 1.98. The normalized spacial score (nSPS) is 13.1. The van der Waals surface area contributed by atoms with E-state index in [4.69, 9.17) is 0 Å². The fourth-order valence-corrected chi connectivity index (χ4v) is 3.35. The number of para-hydroxylation sites is 1. The first-order valence-electron chi connectivity index (χ1n) is 6.30. The van der Waals surface area contributed by atoms with Crippen LogP contribution in [0.5, 0.6) is 0 Å². The van der Waals surface area contributed by atoms with Crippen LogP contribution in [0.25, 0.3) is 10.9 Å². The van der Waals surface area contributed by atoms with Gasteiger partial charge in [-0.05, 0) is 31.5 Å². The van der Waals surface area contributed by atoms with E-state index in [1.165, 1.54) is 20.1 Å². The molecule has 0 fully saturated rings. The second kappa shape index (κ2) is 5.79. The number of sulfonamides is 1. The summed E-state index contributed by atoms with van der Waals surface area (Å²) in [6, 6.07) is 5.77. The fraction of sp³-hybridized carbons (Fsp3) is 0.286. The number of carbonyl (C=O) groups is 1. The Hall–Kier alpha value is -1.99. The molecule has 7 heteroatoms. The van der Waals surface area contributed by atoms with Crippen LogP contribution >= 0.6 is 0 Å². The lowest BCUT2D eigenvalue weighted by atomic mass is 10.2. The molecule has 0 saturated heterocycles. The van der Waals surface area contributed by atoms with Crippen molar-refractivity contribution in [2.45, 2.75) is 24.8 Å². The molecule has 0 saturated carbocycles. The molecule has 1 N–H and O–H groups in total. The highest BCUT2D eigenvalue weighted by Gasteiger charge is 2.24. The highest BCUT2D eigenvalue weighted by Crippen LogP contribution is 2.21. The van der Waals surface area contributed by atoms with Crippen LogP contribution in [0.4, 0.5) is 0 Å². The number of aryl methyl sites for hydroxylation is 1. The Morgan fingerprint density at radius 3 is 2.76 bits per heavy atom. The van der Waals surface area contributed by atoms with Crippen LogP contribution in [0.1, 0.15) is 12.5 Å². The van der Waals surface area contributed by atoms with Crippen LogP contribution in [0, 0.1) is 6.92 Å². The molecule has 0 spiro atoms. The number of benzene rings is 1. The zero-order valence-electron chi connectivity index (χ0n) is 12.0. The van der Waals surface area contributed by atoms with Gasteiger partial charge in [0.2, 0.25) is 10.0 Å². The van der Waals surface area contributed by atoms with Crippen molar-refractivity contribution in [3.8, 4) is 0 Å². The van der Waals surface area contributed by atoms with Crippen molar-refractivity contribution < 1.29 is 17.9 Å². The molecule has 0 amide bonds. The number of nitrogens with one attached hydrogen (secondary N) is 1. The summed E-state index contributed by atoms with van der Waals surface area (Å²) in [5.41, 5.74) is 1.31. The third-order valence-corrected chi connectivity index (χ3v) is 4.56. The summed E-state index contributed by atoms with van der Waals surface area (Å²) < 4.78 is 31.6. The first-order chi connectivity index (χ1) is 9.85. The van der Waals surface area contributed by atoms with E-state index < -0.39 is 22.0 Å². The van der Waals surface area contributed by atoms with E-state index in [0.29, 0.717) is 5.52 Å². The topological polar surface area (TPSA) is 85.4 Å². The minimum Gasteiger partial charge on any atom is -0.468 e. The van der Waals surface area contributed by atoms with E-state index in [0.717, 1.165) is 10.9 Å². The summed E-state index contributed by atoms with van der Waals surface area (Å²) in [7, 11) is -2.66. The number of ether oxygens (including phenoxy) is 1. The number of esters is 1. The first kappa shape index (κ1) is 15.4. The number of pyridine rings is 1. The van der Waals surface area contributed by atoms with E-state index in [-0.39, 0.29) is 4.90 Å². The van der Waals surface area contributed by atoms with Crippen LogP contribution in [0.2, 0.25) is 0 Å². The van der Waals surface area contributed by atoms with Gasteiger partial charge in [0.05, 0.1) is 12.6 Å². The number of hydrogen-bond acceptors (Lipinski definition) is 5. The number of hydrogen-bond donors (Lipinski definition) is 1. The number of carbonyl (C=O) groups excluding carboxylic acids is 1. The molecular formula is C14H16N2O4S. The summed E-state index contributed by atoms with van der Waals surface area (Å²) in [5.74, 6) is -0.650. The van der Waals surface area contributed by atoms with Crippen LogP contribution in [-0.4, -0.2) is 32.5 Å². The second-order valence-corrected chi connectivity index (χ2v) is 6.39. The first-order valence-corrected chi connectivity index (χ1v) is 7.79. The molecule has 1 heterocycles. The number of fused-ring (bicyclic) bond motifs is 1. The predicted octanol–water partition coefficient (Wildman–Crippen LogP) is 1.38. The lowest BCUT2D eigenvalue weighted by molar-refractivity contribution is -0.142. The monoisotopic (exact) mass is 308 g/mol. The summed E-state index contributed by atoms with van der Waals surface area (Å²) in [6.07, 6.45) is 1.60. The Balaban J connectivity index is 2.48. The number of rotatable bonds is 4. The zero-order valence-corrected chi connectivity index (χ0v) is 12.8. The molecular weight excluding hydrogens is 292 g/mol. The zero-order chi connectivity index (χ0) is 15.6. The van der Waals surface area contributed by atoms with Gasteiger partial charge < -0.3 is 4.74 Å². The minimum atomic E-state index is -3.87. The van der Waals surface area contributed by atoms with E-state index in [1.807, 2.05) is 13.0 Å². The largest absolute Gasteiger partial charge is 0.468 e.